The zero-order valence-corrected chi connectivity index (χ0v) is 13.5. The van der Waals surface area contributed by atoms with Gasteiger partial charge in [-0.05, 0) is 25.1 Å². The van der Waals surface area contributed by atoms with Gasteiger partial charge in [0.15, 0.2) is 0 Å². The van der Waals surface area contributed by atoms with E-state index in [9.17, 15) is 0 Å². The molecule has 0 saturated carbocycles. The molecule has 0 radical (unpaired) electrons. The summed E-state index contributed by atoms with van der Waals surface area (Å²) in [5, 5.41) is 5.19. The van der Waals surface area contributed by atoms with Crippen LogP contribution < -0.4 is 5.32 Å². The number of likely N-dealkylation sites (N-methyl/N-ethyl adjacent to an activating group) is 1. The Hall–Kier alpha value is -0.190. The molecule has 4 heteroatoms. The number of nitrogens with zero attached hydrogens (tertiary/aromatic N) is 1. The van der Waals surface area contributed by atoms with Gasteiger partial charge in [0.1, 0.15) is 0 Å². The third kappa shape index (κ3) is 4.40. The molecule has 1 aliphatic heterocycles. The SMILES string of the molecule is CCNC(Cc1ccccn1)C1SCCSC1CC. The standard InChI is InChI=1S/C15H24N2S2/c1-3-14-15(19-10-9-18-14)13(16-4-2)11-12-7-5-6-8-17-12/h5-8,13-16H,3-4,9-11H2,1-2H3. The Morgan fingerprint density at radius 3 is 2.84 bits per heavy atom. The molecule has 1 aliphatic rings. The first-order valence-corrected chi connectivity index (χ1v) is 9.31. The lowest BCUT2D eigenvalue weighted by Crippen LogP contribution is -2.46. The summed E-state index contributed by atoms with van der Waals surface area (Å²) in [7, 11) is 0. The third-order valence-corrected chi connectivity index (χ3v) is 6.92. The van der Waals surface area contributed by atoms with Crippen molar-refractivity contribution in [2.75, 3.05) is 18.1 Å². The van der Waals surface area contributed by atoms with Crippen molar-refractivity contribution in [2.24, 2.45) is 0 Å². The molecular weight excluding hydrogens is 272 g/mol. The zero-order chi connectivity index (χ0) is 13.5. The molecule has 0 spiro atoms. The van der Waals surface area contributed by atoms with E-state index in [1.54, 1.807) is 0 Å². The molecule has 0 aromatic carbocycles. The van der Waals surface area contributed by atoms with Crippen LogP contribution in [0, 0.1) is 0 Å². The number of hydrogen-bond donors (Lipinski definition) is 1. The smallest absolute Gasteiger partial charge is 0.0419 e. The minimum absolute atomic E-state index is 0.544. The molecule has 1 fully saturated rings. The molecule has 1 N–H and O–H groups in total. The van der Waals surface area contributed by atoms with Gasteiger partial charge >= 0.3 is 0 Å². The largest absolute Gasteiger partial charge is 0.313 e. The van der Waals surface area contributed by atoms with Crippen molar-refractivity contribution in [3.05, 3.63) is 30.1 Å². The molecule has 2 rings (SSSR count). The zero-order valence-electron chi connectivity index (χ0n) is 11.8. The van der Waals surface area contributed by atoms with Crippen LogP contribution >= 0.6 is 23.5 Å². The molecule has 106 valence electrons. The second-order valence-electron chi connectivity index (χ2n) is 4.84. The quantitative estimate of drug-likeness (QED) is 0.871. The van der Waals surface area contributed by atoms with Crippen molar-refractivity contribution < 1.29 is 0 Å². The summed E-state index contributed by atoms with van der Waals surface area (Å²) in [6, 6.07) is 6.77. The van der Waals surface area contributed by atoms with Crippen LogP contribution in [0.1, 0.15) is 26.0 Å². The first-order valence-electron chi connectivity index (χ1n) is 7.21. The Kier molecular flexibility index (Phi) is 6.54. The second-order valence-corrected chi connectivity index (χ2v) is 7.48. The molecule has 3 atom stereocenters. The summed E-state index contributed by atoms with van der Waals surface area (Å²) in [5.74, 6) is 2.60. The van der Waals surface area contributed by atoms with E-state index in [2.05, 4.69) is 59.8 Å². The summed E-state index contributed by atoms with van der Waals surface area (Å²) < 4.78 is 0. The monoisotopic (exact) mass is 296 g/mol. The third-order valence-electron chi connectivity index (χ3n) is 3.51. The number of rotatable bonds is 6. The van der Waals surface area contributed by atoms with Gasteiger partial charge in [0.25, 0.3) is 0 Å². The van der Waals surface area contributed by atoms with Crippen molar-refractivity contribution in [1.29, 1.82) is 0 Å². The predicted octanol–water partition coefficient (Wildman–Crippen LogP) is 3.23. The number of nitrogens with one attached hydrogen (secondary N) is 1. The summed E-state index contributed by atoms with van der Waals surface area (Å²) >= 11 is 4.31. The van der Waals surface area contributed by atoms with E-state index in [-0.39, 0.29) is 0 Å². The fourth-order valence-electron chi connectivity index (χ4n) is 2.62. The van der Waals surface area contributed by atoms with E-state index in [1.807, 2.05) is 12.3 Å². The topological polar surface area (TPSA) is 24.9 Å². The molecule has 2 nitrogen and oxygen atoms in total. The van der Waals surface area contributed by atoms with Crippen LogP contribution in [0.2, 0.25) is 0 Å². The molecule has 1 saturated heterocycles. The Bertz CT molecular complexity index is 358. The lowest BCUT2D eigenvalue weighted by Gasteiger charge is -2.36. The molecule has 0 bridgehead atoms. The van der Waals surface area contributed by atoms with E-state index >= 15 is 0 Å². The first kappa shape index (κ1) is 15.2. The predicted molar refractivity (Wildman–Crippen MR) is 88.2 cm³/mol. The fourth-order valence-corrected chi connectivity index (χ4v) is 5.89. The van der Waals surface area contributed by atoms with Gasteiger partial charge in [0.05, 0.1) is 0 Å². The maximum Gasteiger partial charge on any atom is 0.0419 e. The molecule has 2 heterocycles. The summed E-state index contributed by atoms with van der Waals surface area (Å²) in [6.45, 7) is 5.56. The van der Waals surface area contributed by atoms with E-state index in [0.29, 0.717) is 11.3 Å². The number of hydrogen-bond acceptors (Lipinski definition) is 4. The molecule has 1 aromatic heterocycles. The van der Waals surface area contributed by atoms with Crippen LogP contribution in [-0.2, 0) is 6.42 Å². The van der Waals surface area contributed by atoms with Crippen LogP contribution in [-0.4, -0.2) is 39.6 Å². The van der Waals surface area contributed by atoms with Crippen LogP contribution in [0.4, 0.5) is 0 Å². The van der Waals surface area contributed by atoms with E-state index in [1.165, 1.54) is 23.6 Å². The second kappa shape index (κ2) is 8.18. The normalized spacial score (nSPS) is 25.2. The van der Waals surface area contributed by atoms with Gasteiger partial charge in [-0.2, -0.15) is 23.5 Å². The number of pyridine rings is 1. The fraction of sp³-hybridized carbons (Fsp3) is 0.667. The van der Waals surface area contributed by atoms with Crippen LogP contribution in [0.15, 0.2) is 24.4 Å². The molecule has 19 heavy (non-hydrogen) atoms. The highest BCUT2D eigenvalue weighted by Gasteiger charge is 2.31. The Labute approximate surface area is 125 Å². The van der Waals surface area contributed by atoms with Crippen LogP contribution in [0.5, 0.6) is 0 Å². The average molecular weight is 297 g/mol. The highest BCUT2D eigenvalue weighted by atomic mass is 32.2. The number of thioether (sulfide) groups is 2. The molecule has 0 amide bonds. The number of aromatic nitrogens is 1. The van der Waals surface area contributed by atoms with Gasteiger partial charge < -0.3 is 5.32 Å². The van der Waals surface area contributed by atoms with Gasteiger partial charge in [0.2, 0.25) is 0 Å². The Morgan fingerprint density at radius 2 is 2.16 bits per heavy atom. The average Bonchev–Trinajstić information content (AvgIpc) is 2.48. The van der Waals surface area contributed by atoms with Crippen LogP contribution in [0.25, 0.3) is 0 Å². The lowest BCUT2D eigenvalue weighted by molar-refractivity contribution is 0.486. The van der Waals surface area contributed by atoms with E-state index in [0.717, 1.165) is 18.2 Å². The maximum absolute atomic E-state index is 4.49. The minimum Gasteiger partial charge on any atom is -0.313 e. The van der Waals surface area contributed by atoms with Crippen molar-refractivity contribution >= 4 is 23.5 Å². The van der Waals surface area contributed by atoms with Crippen molar-refractivity contribution in [2.45, 2.75) is 43.2 Å². The highest BCUT2D eigenvalue weighted by Crippen LogP contribution is 2.35. The Balaban J connectivity index is 2.05. The van der Waals surface area contributed by atoms with Gasteiger partial charge in [-0.1, -0.05) is 19.9 Å². The Morgan fingerprint density at radius 1 is 1.32 bits per heavy atom. The van der Waals surface area contributed by atoms with E-state index in [4.69, 9.17) is 0 Å². The molecule has 1 aromatic rings. The molecule has 0 aliphatic carbocycles. The summed E-state index contributed by atoms with van der Waals surface area (Å²) in [6.07, 6.45) is 4.22. The maximum atomic E-state index is 4.49. The lowest BCUT2D eigenvalue weighted by atomic mass is 10.0. The van der Waals surface area contributed by atoms with Crippen molar-refractivity contribution in [3.8, 4) is 0 Å². The van der Waals surface area contributed by atoms with E-state index < -0.39 is 0 Å². The van der Waals surface area contributed by atoms with Gasteiger partial charge in [-0.25, -0.2) is 0 Å². The highest BCUT2D eigenvalue weighted by molar-refractivity contribution is 8.07. The van der Waals surface area contributed by atoms with Gasteiger partial charge in [-0.15, -0.1) is 0 Å². The molecule has 3 unspecified atom stereocenters. The van der Waals surface area contributed by atoms with Crippen molar-refractivity contribution in [1.82, 2.24) is 10.3 Å². The first-order chi connectivity index (χ1) is 9.35. The summed E-state index contributed by atoms with van der Waals surface area (Å²) in [5.41, 5.74) is 1.21. The van der Waals surface area contributed by atoms with Gasteiger partial charge in [0, 0.05) is 46.4 Å². The summed E-state index contributed by atoms with van der Waals surface area (Å²) in [4.78, 5) is 4.49. The molecular formula is C15H24N2S2. The minimum atomic E-state index is 0.544. The van der Waals surface area contributed by atoms with Crippen molar-refractivity contribution in [3.63, 3.8) is 0 Å². The van der Waals surface area contributed by atoms with Gasteiger partial charge in [-0.3, -0.25) is 4.98 Å². The van der Waals surface area contributed by atoms with Crippen LogP contribution in [0.3, 0.4) is 0 Å².